The van der Waals surface area contributed by atoms with E-state index in [1.165, 1.54) is 21.2 Å². The molecule has 0 atom stereocenters. The van der Waals surface area contributed by atoms with E-state index in [9.17, 15) is 0 Å². The van der Waals surface area contributed by atoms with Gasteiger partial charge in [-0.3, -0.25) is 0 Å². The summed E-state index contributed by atoms with van der Waals surface area (Å²) in [6.45, 7) is 4.53. The van der Waals surface area contributed by atoms with Gasteiger partial charge >= 0.3 is 0 Å². The Kier molecular flexibility index (Phi) is 3.65. The van der Waals surface area contributed by atoms with Crippen LogP contribution in [0.1, 0.15) is 20.3 Å². The number of hydrogen-bond acceptors (Lipinski definition) is 3. The fourth-order valence-electron chi connectivity index (χ4n) is 1.29. The van der Waals surface area contributed by atoms with Crippen molar-refractivity contribution in [2.45, 2.75) is 24.6 Å². The van der Waals surface area contributed by atoms with Gasteiger partial charge in [-0.25, -0.2) is 4.98 Å². The zero-order valence-corrected chi connectivity index (χ0v) is 10.7. The zero-order chi connectivity index (χ0) is 10.7. The summed E-state index contributed by atoms with van der Waals surface area (Å²) in [7, 11) is 0. The quantitative estimate of drug-likeness (QED) is 0.729. The summed E-state index contributed by atoms with van der Waals surface area (Å²) in [6.07, 6.45) is 1.26. The van der Waals surface area contributed by atoms with Gasteiger partial charge in [0.2, 0.25) is 0 Å². The smallest absolute Gasteiger partial charge is 0.151 e. The van der Waals surface area contributed by atoms with Crippen molar-refractivity contribution in [3.8, 4) is 0 Å². The molecule has 0 fully saturated rings. The molecular weight excluding hydrogens is 222 g/mol. The Balaban J connectivity index is 2.03. The lowest BCUT2D eigenvalue weighted by Crippen LogP contribution is -1.88. The van der Waals surface area contributed by atoms with E-state index in [1.807, 2.05) is 17.8 Å². The molecule has 0 aliphatic rings. The Labute approximate surface area is 98.9 Å². The summed E-state index contributed by atoms with van der Waals surface area (Å²) in [5, 5.41) is 0. The van der Waals surface area contributed by atoms with E-state index in [-0.39, 0.29) is 0 Å². The van der Waals surface area contributed by atoms with Crippen LogP contribution >= 0.6 is 23.1 Å². The van der Waals surface area contributed by atoms with E-state index < -0.39 is 0 Å². The number of fused-ring (bicyclic) bond motifs is 1. The number of para-hydroxylation sites is 1. The van der Waals surface area contributed by atoms with Crippen molar-refractivity contribution in [3.63, 3.8) is 0 Å². The molecule has 3 heteroatoms. The minimum absolute atomic E-state index is 0.784. The Morgan fingerprint density at radius 3 is 2.87 bits per heavy atom. The number of hydrogen-bond donors (Lipinski definition) is 0. The molecule has 15 heavy (non-hydrogen) atoms. The normalized spacial score (nSPS) is 11.4. The molecule has 0 aliphatic carbocycles. The number of rotatable bonds is 4. The Morgan fingerprint density at radius 1 is 1.33 bits per heavy atom. The SMILES string of the molecule is CC(C)CCSc1nc2ccccc2s1. The molecule has 80 valence electrons. The van der Waals surface area contributed by atoms with Gasteiger partial charge in [-0.05, 0) is 24.5 Å². The molecule has 1 aromatic heterocycles. The molecule has 1 aromatic carbocycles. The highest BCUT2D eigenvalue weighted by Crippen LogP contribution is 2.29. The summed E-state index contributed by atoms with van der Waals surface area (Å²) in [5.74, 6) is 1.96. The third-order valence-electron chi connectivity index (χ3n) is 2.20. The third kappa shape index (κ3) is 2.95. The minimum atomic E-state index is 0.784. The van der Waals surface area contributed by atoms with Crippen LogP contribution < -0.4 is 0 Å². The van der Waals surface area contributed by atoms with Crippen LogP contribution in [-0.4, -0.2) is 10.7 Å². The second-order valence-electron chi connectivity index (χ2n) is 3.98. The largest absolute Gasteiger partial charge is 0.230 e. The predicted molar refractivity (Wildman–Crippen MR) is 69.8 cm³/mol. The van der Waals surface area contributed by atoms with Gasteiger partial charge in [0.25, 0.3) is 0 Å². The molecule has 0 unspecified atom stereocenters. The monoisotopic (exact) mass is 237 g/mol. The lowest BCUT2D eigenvalue weighted by molar-refractivity contribution is 0.632. The van der Waals surface area contributed by atoms with Crippen LogP contribution in [0.25, 0.3) is 10.2 Å². The lowest BCUT2D eigenvalue weighted by atomic mass is 10.2. The molecule has 0 saturated heterocycles. The fourth-order valence-corrected chi connectivity index (χ4v) is 3.67. The number of thiazole rings is 1. The molecule has 0 N–H and O–H groups in total. The molecular formula is C12H15NS2. The van der Waals surface area contributed by atoms with Gasteiger partial charge < -0.3 is 0 Å². The summed E-state index contributed by atoms with van der Waals surface area (Å²) in [6, 6.07) is 8.34. The summed E-state index contributed by atoms with van der Waals surface area (Å²) < 4.78 is 2.50. The van der Waals surface area contributed by atoms with E-state index in [4.69, 9.17) is 0 Å². The number of thioether (sulfide) groups is 1. The van der Waals surface area contributed by atoms with E-state index in [0.29, 0.717) is 0 Å². The van der Waals surface area contributed by atoms with Crippen molar-refractivity contribution < 1.29 is 0 Å². The summed E-state index contributed by atoms with van der Waals surface area (Å²) in [4.78, 5) is 4.59. The van der Waals surface area contributed by atoms with E-state index in [2.05, 4.69) is 37.0 Å². The molecule has 0 bridgehead atoms. The predicted octanol–water partition coefficient (Wildman–Crippen LogP) is 4.43. The fraction of sp³-hybridized carbons (Fsp3) is 0.417. The van der Waals surface area contributed by atoms with E-state index >= 15 is 0 Å². The first-order chi connectivity index (χ1) is 7.25. The summed E-state index contributed by atoms with van der Waals surface area (Å²) in [5.41, 5.74) is 1.13. The minimum Gasteiger partial charge on any atom is -0.230 e. The van der Waals surface area contributed by atoms with E-state index in [1.54, 1.807) is 11.3 Å². The van der Waals surface area contributed by atoms with Crippen LogP contribution in [0.2, 0.25) is 0 Å². The molecule has 2 rings (SSSR count). The van der Waals surface area contributed by atoms with E-state index in [0.717, 1.165) is 11.4 Å². The van der Waals surface area contributed by atoms with Crippen molar-refractivity contribution in [2.75, 3.05) is 5.75 Å². The maximum absolute atomic E-state index is 4.59. The first-order valence-corrected chi connectivity index (χ1v) is 7.04. The second-order valence-corrected chi connectivity index (χ2v) is 6.35. The first kappa shape index (κ1) is 11.0. The van der Waals surface area contributed by atoms with Crippen molar-refractivity contribution >= 4 is 33.3 Å². The van der Waals surface area contributed by atoms with Gasteiger partial charge in [0.1, 0.15) is 0 Å². The lowest BCUT2D eigenvalue weighted by Gasteiger charge is -2.00. The Bertz CT molecular complexity index is 401. The van der Waals surface area contributed by atoms with Gasteiger partial charge in [0, 0.05) is 5.75 Å². The number of benzene rings is 1. The highest BCUT2D eigenvalue weighted by molar-refractivity contribution is 8.01. The maximum Gasteiger partial charge on any atom is 0.151 e. The van der Waals surface area contributed by atoms with Gasteiger partial charge in [-0.15, -0.1) is 11.3 Å². The zero-order valence-electron chi connectivity index (χ0n) is 9.06. The van der Waals surface area contributed by atoms with Gasteiger partial charge in [0.15, 0.2) is 4.34 Å². The van der Waals surface area contributed by atoms with Crippen LogP contribution in [-0.2, 0) is 0 Å². The number of aromatic nitrogens is 1. The molecule has 0 spiro atoms. The van der Waals surface area contributed by atoms with Crippen LogP contribution in [0.4, 0.5) is 0 Å². The van der Waals surface area contributed by atoms with Crippen LogP contribution in [0.5, 0.6) is 0 Å². The standard InChI is InChI=1S/C12H15NS2/c1-9(2)7-8-14-12-13-10-5-3-4-6-11(10)15-12/h3-6,9H,7-8H2,1-2H3. The molecule has 0 radical (unpaired) electrons. The third-order valence-corrected chi connectivity index (χ3v) is 4.41. The van der Waals surface area contributed by atoms with Crippen molar-refractivity contribution in [2.24, 2.45) is 5.92 Å². The topological polar surface area (TPSA) is 12.9 Å². The van der Waals surface area contributed by atoms with Gasteiger partial charge in [-0.1, -0.05) is 37.7 Å². The van der Waals surface area contributed by atoms with Crippen LogP contribution in [0.15, 0.2) is 28.6 Å². The highest BCUT2D eigenvalue weighted by atomic mass is 32.2. The Hall–Kier alpha value is -0.540. The summed E-state index contributed by atoms with van der Waals surface area (Å²) >= 11 is 3.68. The molecule has 0 amide bonds. The molecule has 0 aliphatic heterocycles. The van der Waals surface area contributed by atoms with Crippen LogP contribution in [0.3, 0.4) is 0 Å². The second kappa shape index (κ2) is 4.99. The molecule has 1 heterocycles. The molecule has 0 saturated carbocycles. The average molecular weight is 237 g/mol. The average Bonchev–Trinajstić information content (AvgIpc) is 2.59. The first-order valence-electron chi connectivity index (χ1n) is 5.24. The molecule has 2 aromatic rings. The molecule has 1 nitrogen and oxygen atoms in total. The van der Waals surface area contributed by atoms with Crippen LogP contribution in [0, 0.1) is 5.92 Å². The van der Waals surface area contributed by atoms with Crippen molar-refractivity contribution in [1.29, 1.82) is 0 Å². The maximum atomic E-state index is 4.59. The Morgan fingerprint density at radius 2 is 2.13 bits per heavy atom. The highest BCUT2D eigenvalue weighted by Gasteiger charge is 2.03. The van der Waals surface area contributed by atoms with Crippen molar-refractivity contribution in [3.05, 3.63) is 24.3 Å². The van der Waals surface area contributed by atoms with Crippen molar-refractivity contribution in [1.82, 2.24) is 4.98 Å². The van der Waals surface area contributed by atoms with Gasteiger partial charge in [-0.2, -0.15) is 0 Å². The number of nitrogens with zero attached hydrogens (tertiary/aromatic N) is 1. The van der Waals surface area contributed by atoms with Gasteiger partial charge in [0.05, 0.1) is 10.2 Å².